The molecule has 0 aromatic heterocycles. The van der Waals surface area contributed by atoms with Gasteiger partial charge >= 0.3 is 0 Å². The van der Waals surface area contributed by atoms with Gasteiger partial charge in [0.1, 0.15) is 0 Å². The van der Waals surface area contributed by atoms with E-state index in [2.05, 4.69) is 6.92 Å². The Morgan fingerprint density at radius 1 is 1.42 bits per heavy atom. The second-order valence-corrected chi connectivity index (χ2v) is 3.45. The van der Waals surface area contributed by atoms with Crippen LogP contribution in [0.1, 0.15) is 46.0 Å². The normalized spacial score (nSPS) is 17.7. The van der Waals surface area contributed by atoms with Crippen LogP contribution in [0.15, 0.2) is 11.1 Å². The van der Waals surface area contributed by atoms with Crippen molar-refractivity contribution in [2.75, 3.05) is 0 Å². The van der Waals surface area contributed by atoms with Crippen molar-refractivity contribution in [1.29, 1.82) is 0 Å². The Bertz CT molecular complexity index is 201. The summed E-state index contributed by atoms with van der Waals surface area (Å²) < 4.78 is 0. The van der Waals surface area contributed by atoms with Gasteiger partial charge in [-0.1, -0.05) is 25.3 Å². The van der Waals surface area contributed by atoms with Crippen molar-refractivity contribution in [3.63, 3.8) is 0 Å². The summed E-state index contributed by atoms with van der Waals surface area (Å²) >= 11 is 0. The van der Waals surface area contributed by atoms with Gasteiger partial charge < -0.3 is 0 Å². The van der Waals surface area contributed by atoms with Crippen LogP contribution in [0.4, 0.5) is 0 Å². The molecule has 1 heteroatoms. The first kappa shape index (κ1) is 9.50. The predicted octanol–water partition coefficient (Wildman–Crippen LogP) is 3.06. The number of Topliss-reactive ketones (excluding diaryl/α,β-unsaturated/α-hetero) is 1. The highest BCUT2D eigenvalue weighted by Gasteiger charge is 2.18. The van der Waals surface area contributed by atoms with Crippen molar-refractivity contribution in [1.82, 2.24) is 0 Å². The highest BCUT2D eigenvalue weighted by Crippen LogP contribution is 2.25. The van der Waals surface area contributed by atoms with Gasteiger partial charge in [-0.15, -0.1) is 0 Å². The first-order chi connectivity index (χ1) is 5.75. The highest BCUT2D eigenvalue weighted by atomic mass is 16.1. The summed E-state index contributed by atoms with van der Waals surface area (Å²) in [6.07, 6.45) is 7.32. The molecule has 1 aliphatic carbocycles. The predicted molar refractivity (Wildman–Crippen MR) is 50.8 cm³/mol. The van der Waals surface area contributed by atoms with Crippen LogP contribution < -0.4 is 0 Å². The van der Waals surface area contributed by atoms with Crippen molar-refractivity contribution in [2.45, 2.75) is 46.0 Å². The Hall–Kier alpha value is -0.590. The maximum atomic E-state index is 11.3. The van der Waals surface area contributed by atoms with Gasteiger partial charge in [-0.2, -0.15) is 0 Å². The van der Waals surface area contributed by atoms with Crippen LogP contribution in [-0.4, -0.2) is 5.78 Å². The third-order valence-electron chi connectivity index (χ3n) is 2.44. The standard InChI is InChI=1S/C11H17O/c1-3-4-5-6-10-9(2)7-8-11(10)12/h7H,3-6,8H2,1-2H3. The lowest BCUT2D eigenvalue weighted by Crippen LogP contribution is -1.96. The van der Waals surface area contributed by atoms with E-state index in [0.29, 0.717) is 12.2 Å². The van der Waals surface area contributed by atoms with Crippen molar-refractivity contribution < 1.29 is 4.79 Å². The third kappa shape index (κ3) is 2.20. The van der Waals surface area contributed by atoms with Gasteiger partial charge in [0.25, 0.3) is 0 Å². The molecule has 0 aromatic rings. The molecule has 0 heterocycles. The van der Waals surface area contributed by atoms with Crippen LogP contribution in [0.2, 0.25) is 0 Å². The minimum atomic E-state index is 0.351. The molecule has 0 spiro atoms. The topological polar surface area (TPSA) is 17.1 Å². The van der Waals surface area contributed by atoms with Crippen LogP contribution in [0.25, 0.3) is 0 Å². The number of carbonyl (C=O) groups is 1. The van der Waals surface area contributed by atoms with E-state index >= 15 is 0 Å². The summed E-state index contributed by atoms with van der Waals surface area (Å²) in [5.74, 6) is 0.351. The van der Waals surface area contributed by atoms with Crippen LogP contribution >= 0.6 is 0 Å². The first-order valence-corrected chi connectivity index (χ1v) is 4.82. The Kier molecular flexibility index (Phi) is 3.51. The number of allylic oxidation sites excluding steroid dienone is 2. The lowest BCUT2D eigenvalue weighted by molar-refractivity contribution is -0.114. The minimum absolute atomic E-state index is 0.351. The zero-order valence-corrected chi connectivity index (χ0v) is 8.02. The monoisotopic (exact) mass is 165 g/mol. The highest BCUT2D eigenvalue weighted by molar-refractivity contribution is 6.00. The molecule has 0 saturated heterocycles. The van der Waals surface area contributed by atoms with E-state index < -0.39 is 0 Å². The van der Waals surface area contributed by atoms with Gasteiger partial charge in [0.2, 0.25) is 0 Å². The average Bonchev–Trinajstić information content (AvgIpc) is 2.35. The minimum Gasteiger partial charge on any atom is -0.295 e. The summed E-state index contributed by atoms with van der Waals surface area (Å²) in [6, 6.07) is 0. The molecule has 1 nitrogen and oxygen atoms in total. The molecule has 0 bridgehead atoms. The van der Waals surface area contributed by atoms with Crippen molar-refractivity contribution in [2.24, 2.45) is 0 Å². The molecular formula is C11H17O. The van der Waals surface area contributed by atoms with Crippen LogP contribution in [0, 0.1) is 6.42 Å². The summed E-state index contributed by atoms with van der Waals surface area (Å²) in [5.41, 5.74) is 2.31. The fourth-order valence-corrected chi connectivity index (χ4v) is 1.60. The molecule has 1 rings (SSSR count). The Morgan fingerprint density at radius 3 is 2.67 bits per heavy atom. The molecule has 0 unspecified atom stereocenters. The molecule has 12 heavy (non-hydrogen) atoms. The van der Waals surface area contributed by atoms with Crippen molar-refractivity contribution in [3.05, 3.63) is 17.6 Å². The molecule has 0 aromatic carbocycles. The molecule has 0 N–H and O–H groups in total. The first-order valence-electron chi connectivity index (χ1n) is 4.82. The second-order valence-electron chi connectivity index (χ2n) is 3.45. The molecule has 67 valence electrons. The third-order valence-corrected chi connectivity index (χ3v) is 2.44. The van der Waals surface area contributed by atoms with E-state index in [1.54, 1.807) is 0 Å². The van der Waals surface area contributed by atoms with Crippen LogP contribution in [-0.2, 0) is 4.79 Å². The Balaban J connectivity index is 2.39. The molecule has 0 fully saturated rings. The van der Waals surface area contributed by atoms with E-state index in [1.165, 1.54) is 24.8 Å². The maximum Gasteiger partial charge on any atom is 0.159 e. The fourth-order valence-electron chi connectivity index (χ4n) is 1.60. The smallest absolute Gasteiger partial charge is 0.159 e. The summed E-state index contributed by atoms with van der Waals surface area (Å²) in [4.78, 5) is 11.3. The number of hydrogen-bond donors (Lipinski definition) is 0. The van der Waals surface area contributed by atoms with Crippen LogP contribution in [0.5, 0.6) is 0 Å². The molecular weight excluding hydrogens is 148 g/mol. The summed E-state index contributed by atoms with van der Waals surface area (Å²) in [5, 5.41) is 0. The Labute approximate surface area is 74.9 Å². The van der Waals surface area contributed by atoms with E-state index in [1.807, 2.05) is 13.3 Å². The molecule has 0 amide bonds. The zero-order chi connectivity index (χ0) is 8.97. The summed E-state index contributed by atoms with van der Waals surface area (Å²) in [7, 11) is 0. The lowest BCUT2D eigenvalue weighted by Gasteiger charge is -2.00. The quantitative estimate of drug-likeness (QED) is 0.585. The number of hydrogen-bond acceptors (Lipinski definition) is 1. The van der Waals surface area contributed by atoms with Crippen LogP contribution in [0.3, 0.4) is 0 Å². The van der Waals surface area contributed by atoms with Gasteiger partial charge in [0.05, 0.1) is 0 Å². The molecule has 0 atom stereocenters. The Morgan fingerprint density at radius 2 is 2.17 bits per heavy atom. The van der Waals surface area contributed by atoms with Gasteiger partial charge in [-0.3, -0.25) is 4.79 Å². The number of ketones is 1. The van der Waals surface area contributed by atoms with E-state index in [9.17, 15) is 4.79 Å². The molecule has 1 aliphatic rings. The van der Waals surface area contributed by atoms with Crippen molar-refractivity contribution in [3.8, 4) is 0 Å². The molecule has 1 radical (unpaired) electrons. The van der Waals surface area contributed by atoms with Gasteiger partial charge in [0, 0.05) is 6.42 Å². The second kappa shape index (κ2) is 4.44. The number of carbonyl (C=O) groups excluding carboxylic acids is 1. The molecule has 0 aliphatic heterocycles. The number of rotatable bonds is 4. The largest absolute Gasteiger partial charge is 0.295 e. The lowest BCUT2D eigenvalue weighted by atomic mass is 10.0. The van der Waals surface area contributed by atoms with Gasteiger partial charge in [-0.05, 0) is 31.8 Å². The number of unbranched alkanes of at least 4 members (excludes halogenated alkanes) is 2. The van der Waals surface area contributed by atoms with Gasteiger partial charge in [0.15, 0.2) is 5.78 Å². The van der Waals surface area contributed by atoms with Gasteiger partial charge in [-0.25, -0.2) is 0 Å². The van der Waals surface area contributed by atoms with Crippen molar-refractivity contribution >= 4 is 5.78 Å². The van der Waals surface area contributed by atoms with E-state index in [4.69, 9.17) is 0 Å². The maximum absolute atomic E-state index is 11.3. The van der Waals surface area contributed by atoms with E-state index in [0.717, 1.165) is 12.0 Å². The summed E-state index contributed by atoms with van der Waals surface area (Å²) in [6.45, 7) is 4.23. The van der Waals surface area contributed by atoms with E-state index in [-0.39, 0.29) is 0 Å². The average molecular weight is 165 g/mol. The zero-order valence-electron chi connectivity index (χ0n) is 8.02. The fraction of sp³-hybridized carbons (Fsp3) is 0.636. The molecule has 0 saturated carbocycles. The SMILES string of the molecule is CCCCCC1=C(C)[CH]CC1=O.